The van der Waals surface area contributed by atoms with Gasteiger partial charge in [0.2, 0.25) is 0 Å². The van der Waals surface area contributed by atoms with Crippen molar-refractivity contribution in [3.8, 4) is 0 Å². The van der Waals surface area contributed by atoms with E-state index in [0.717, 1.165) is 5.56 Å². The molecule has 0 atom stereocenters. The summed E-state index contributed by atoms with van der Waals surface area (Å²) >= 11 is 0. The molecule has 1 aromatic heterocycles. The Hall–Kier alpha value is -2.67. The van der Waals surface area contributed by atoms with Crippen LogP contribution in [0.3, 0.4) is 0 Å². The Morgan fingerprint density at radius 2 is 1.86 bits per heavy atom. The van der Waals surface area contributed by atoms with Gasteiger partial charge in [0.1, 0.15) is 12.4 Å². The molecule has 0 saturated heterocycles. The summed E-state index contributed by atoms with van der Waals surface area (Å²) in [6.07, 6.45) is 0. The molecule has 1 heterocycles. The highest BCUT2D eigenvalue weighted by atomic mass is 16.5. The Morgan fingerprint density at radius 1 is 1.19 bits per heavy atom. The van der Waals surface area contributed by atoms with Crippen LogP contribution < -0.4 is 0 Å². The zero-order valence-electron chi connectivity index (χ0n) is 11.3. The Kier molecular flexibility index (Phi) is 4.34. The predicted octanol–water partition coefficient (Wildman–Crippen LogP) is 1.47. The van der Waals surface area contributed by atoms with Crippen molar-refractivity contribution in [3.05, 3.63) is 53.1 Å². The normalized spacial score (nSPS) is 10.5. The number of carboxylic acids is 2. The number of nitrogens with zero attached hydrogens (tertiary/aromatic N) is 2. The van der Waals surface area contributed by atoms with Gasteiger partial charge in [-0.1, -0.05) is 30.3 Å². The monoisotopic (exact) mass is 290 g/mol. The highest BCUT2D eigenvalue weighted by Gasteiger charge is 2.26. The van der Waals surface area contributed by atoms with Crippen LogP contribution in [0, 0.1) is 0 Å². The summed E-state index contributed by atoms with van der Waals surface area (Å²) in [5, 5.41) is 18.4. The first-order valence-electron chi connectivity index (χ1n) is 6.13. The number of carbonyl (C=O) groups is 2. The fraction of sp³-hybridized carbons (Fsp3) is 0.214. The van der Waals surface area contributed by atoms with Crippen LogP contribution in [0.15, 0.2) is 30.3 Å². The molecule has 0 spiro atoms. The molecular formula is C14H14N2O5. The standard InChI is InChI=1S/C14H14N2O5/c1-21-8-10-15-11(13(17)18)12(14(19)20)16(10)7-9-5-3-2-4-6-9/h2-6H,7-8H2,1H3,(H,17,18)(H,19,20). The molecule has 0 saturated carbocycles. The van der Waals surface area contributed by atoms with Gasteiger partial charge in [0.15, 0.2) is 11.4 Å². The van der Waals surface area contributed by atoms with E-state index in [4.69, 9.17) is 9.84 Å². The molecule has 0 radical (unpaired) electrons. The van der Waals surface area contributed by atoms with E-state index < -0.39 is 17.6 Å². The van der Waals surface area contributed by atoms with Crippen molar-refractivity contribution in [2.24, 2.45) is 0 Å². The van der Waals surface area contributed by atoms with Gasteiger partial charge in [0.05, 0.1) is 0 Å². The molecule has 0 amide bonds. The van der Waals surface area contributed by atoms with E-state index in [2.05, 4.69) is 4.98 Å². The molecule has 0 fully saturated rings. The van der Waals surface area contributed by atoms with Crippen LogP contribution in [0.25, 0.3) is 0 Å². The van der Waals surface area contributed by atoms with Crippen molar-refractivity contribution in [2.75, 3.05) is 7.11 Å². The highest BCUT2D eigenvalue weighted by Crippen LogP contribution is 2.16. The number of carboxylic acid groups (broad SMARTS) is 2. The van der Waals surface area contributed by atoms with E-state index in [1.54, 1.807) is 0 Å². The lowest BCUT2D eigenvalue weighted by molar-refractivity contribution is 0.0640. The number of imidazole rings is 1. The topological polar surface area (TPSA) is 102 Å². The van der Waals surface area contributed by atoms with Gasteiger partial charge < -0.3 is 19.5 Å². The fourth-order valence-electron chi connectivity index (χ4n) is 2.04. The molecule has 7 nitrogen and oxygen atoms in total. The SMILES string of the molecule is COCc1nc(C(=O)O)c(C(=O)O)n1Cc1ccccc1. The summed E-state index contributed by atoms with van der Waals surface area (Å²) in [5.41, 5.74) is 0.00979. The van der Waals surface area contributed by atoms with Gasteiger partial charge in [-0.3, -0.25) is 0 Å². The number of benzene rings is 1. The van der Waals surface area contributed by atoms with Crippen molar-refractivity contribution in [1.82, 2.24) is 9.55 Å². The maximum absolute atomic E-state index is 11.4. The van der Waals surface area contributed by atoms with Crippen LogP contribution in [0.2, 0.25) is 0 Å². The van der Waals surface area contributed by atoms with E-state index in [0.29, 0.717) is 0 Å². The molecule has 0 bridgehead atoms. The van der Waals surface area contributed by atoms with E-state index in [1.165, 1.54) is 11.7 Å². The molecule has 0 aliphatic heterocycles. The Morgan fingerprint density at radius 3 is 2.38 bits per heavy atom. The number of hydrogen-bond donors (Lipinski definition) is 2. The molecule has 1 aromatic carbocycles. The summed E-state index contributed by atoms with van der Waals surface area (Å²) in [6, 6.07) is 9.13. The molecule has 2 rings (SSSR count). The Labute approximate surface area is 120 Å². The van der Waals surface area contributed by atoms with Crippen molar-refractivity contribution < 1.29 is 24.5 Å². The molecule has 0 aliphatic rings. The zero-order chi connectivity index (χ0) is 15.4. The van der Waals surface area contributed by atoms with Crippen LogP contribution in [0.1, 0.15) is 32.4 Å². The minimum Gasteiger partial charge on any atom is -0.476 e. The van der Waals surface area contributed by atoms with Gasteiger partial charge in [-0.2, -0.15) is 0 Å². The summed E-state index contributed by atoms with van der Waals surface area (Å²) in [4.78, 5) is 26.4. The average Bonchev–Trinajstić information content (AvgIpc) is 2.79. The van der Waals surface area contributed by atoms with Gasteiger partial charge in [0, 0.05) is 13.7 Å². The molecule has 7 heteroatoms. The summed E-state index contributed by atoms with van der Waals surface area (Å²) in [6.45, 7) is 0.238. The third-order valence-electron chi connectivity index (χ3n) is 2.91. The third-order valence-corrected chi connectivity index (χ3v) is 2.91. The third kappa shape index (κ3) is 3.09. The minimum atomic E-state index is -1.38. The molecule has 0 aliphatic carbocycles. The largest absolute Gasteiger partial charge is 0.476 e. The molecule has 2 aromatic rings. The van der Waals surface area contributed by atoms with Crippen LogP contribution in [0.5, 0.6) is 0 Å². The van der Waals surface area contributed by atoms with E-state index in [9.17, 15) is 14.7 Å². The van der Waals surface area contributed by atoms with Gasteiger partial charge in [-0.15, -0.1) is 0 Å². The maximum atomic E-state index is 11.4. The van der Waals surface area contributed by atoms with Crippen molar-refractivity contribution >= 4 is 11.9 Å². The van der Waals surface area contributed by atoms with Crippen LogP contribution >= 0.6 is 0 Å². The fourth-order valence-corrected chi connectivity index (χ4v) is 2.04. The molecular weight excluding hydrogens is 276 g/mol. The molecule has 110 valence electrons. The van der Waals surface area contributed by atoms with Crippen LogP contribution in [-0.4, -0.2) is 38.8 Å². The van der Waals surface area contributed by atoms with E-state index >= 15 is 0 Å². The minimum absolute atomic E-state index is 0.0282. The van der Waals surface area contributed by atoms with Gasteiger partial charge in [-0.25, -0.2) is 14.6 Å². The smallest absolute Gasteiger partial charge is 0.357 e. The number of ether oxygens (including phenoxy) is 1. The van der Waals surface area contributed by atoms with Crippen LogP contribution in [0.4, 0.5) is 0 Å². The Bertz CT molecular complexity index is 664. The number of aromatic carboxylic acids is 2. The predicted molar refractivity (Wildman–Crippen MR) is 72.4 cm³/mol. The summed E-state index contributed by atoms with van der Waals surface area (Å²) in [7, 11) is 1.43. The molecule has 2 N–H and O–H groups in total. The quantitative estimate of drug-likeness (QED) is 0.835. The van der Waals surface area contributed by atoms with Gasteiger partial charge in [0.25, 0.3) is 0 Å². The summed E-state index contributed by atoms with van der Waals surface area (Å²) in [5.74, 6) is -2.45. The van der Waals surface area contributed by atoms with Crippen LogP contribution in [-0.2, 0) is 17.9 Å². The second-order valence-corrected chi connectivity index (χ2v) is 4.34. The second kappa shape index (κ2) is 6.19. The first-order valence-corrected chi connectivity index (χ1v) is 6.13. The first kappa shape index (κ1) is 14.7. The van der Waals surface area contributed by atoms with Gasteiger partial charge in [-0.05, 0) is 5.56 Å². The Balaban J connectivity index is 2.54. The lowest BCUT2D eigenvalue weighted by atomic mass is 10.2. The number of methoxy groups -OCH3 is 1. The summed E-state index contributed by atoms with van der Waals surface area (Å²) < 4.78 is 6.32. The highest BCUT2D eigenvalue weighted by molar-refractivity contribution is 5.99. The number of aromatic nitrogens is 2. The van der Waals surface area contributed by atoms with E-state index in [-0.39, 0.29) is 24.7 Å². The lowest BCUT2D eigenvalue weighted by Gasteiger charge is -2.09. The van der Waals surface area contributed by atoms with E-state index in [1.807, 2.05) is 30.3 Å². The average molecular weight is 290 g/mol. The van der Waals surface area contributed by atoms with Gasteiger partial charge >= 0.3 is 11.9 Å². The van der Waals surface area contributed by atoms with Crippen molar-refractivity contribution in [1.29, 1.82) is 0 Å². The lowest BCUT2D eigenvalue weighted by Crippen LogP contribution is -2.15. The number of rotatable bonds is 6. The zero-order valence-corrected chi connectivity index (χ0v) is 11.3. The molecule has 21 heavy (non-hydrogen) atoms. The second-order valence-electron chi connectivity index (χ2n) is 4.34. The maximum Gasteiger partial charge on any atom is 0.357 e. The van der Waals surface area contributed by atoms with Crippen molar-refractivity contribution in [3.63, 3.8) is 0 Å². The first-order chi connectivity index (χ1) is 10.0. The molecule has 0 unspecified atom stereocenters. The van der Waals surface area contributed by atoms with Crippen molar-refractivity contribution in [2.45, 2.75) is 13.2 Å². The number of hydrogen-bond acceptors (Lipinski definition) is 4.